The fraction of sp³-hybridized carbons (Fsp3) is 0.500. The van der Waals surface area contributed by atoms with Gasteiger partial charge in [-0.25, -0.2) is 0 Å². The Morgan fingerprint density at radius 1 is 1.37 bits per heavy atom. The van der Waals surface area contributed by atoms with Gasteiger partial charge in [-0.05, 0) is 18.6 Å². The van der Waals surface area contributed by atoms with Crippen molar-refractivity contribution >= 4 is 21.8 Å². The molecule has 1 unspecified atom stereocenters. The van der Waals surface area contributed by atoms with E-state index in [0.29, 0.717) is 26.1 Å². The summed E-state index contributed by atoms with van der Waals surface area (Å²) >= 11 is 3.53. The number of hydrogen-bond donors (Lipinski definition) is 2. The molecule has 1 aromatic rings. The van der Waals surface area contributed by atoms with Gasteiger partial charge in [-0.15, -0.1) is 0 Å². The highest BCUT2D eigenvalue weighted by molar-refractivity contribution is 9.10. The third-order valence-corrected chi connectivity index (χ3v) is 3.52. The fourth-order valence-corrected chi connectivity index (χ4v) is 2.35. The van der Waals surface area contributed by atoms with E-state index in [2.05, 4.69) is 39.6 Å². The van der Waals surface area contributed by atoms with Crippen LogP contribution in [0.5, 0.6) is 0 Å². The predicted molar refractivity (Wildman–Crippen MR) is 80.1 cm³/mol. The van der Waals surface area contributed by atoms with Gasteiger partial charge < -0.3 is 15.4 Å². The zero-order valence-electron chi connectivity index (χ0n) is 11.4. The second kappa shape index (κ2) is 9.07. The van der Waals surface area contributed by atoms with Crippen LogP contribution in [0.15, 0.2) is 28.7 Å². The van der Waals surface area contributed by atoms with E-state index in [9.17, 15) is 4.79 Å². The predicted octanol–water partition coefficient (Wildman–Crippen LogP) is 2.25. The standard InChI is InChI=1S/C14H21BrN2O2/c1-11(12-5-3-4-6-13(12)15)16-8-7-14(18)17-9-10-19-2/h3-6,11,16H,7-10H2,1-2H3,(H,17,18). The normalized spacial score (nSPS) is 12.2. The van der Waals surface area contributed by atoms with Gasteiger partial charge in [-0.1, -0.05) is 34.1 Å². The first-order valence-corrected chi connectivity index (χ1v) is 7.18. The van der Waals surface area contributed by atoms with Gasteiger partial charge in [0.05, 0.1) is 6.61 Å². The molecule has 0 saturated carbocycles. The Balaban J connectivity index is 2.26. The number of amides is 1. The molecule has 0 saturated heterocycles. The maximum atomic E-state index is 11.5. The molecule has 2 N–H and O–H groups in total. The molecule has 0 spiro atoms. The first-order chi connectivity index (χ1) is 9.15. The van der Waals surface area contributed by atoms with E-state index in [0.717, 1.165) is 4.47 Å². The fourth-order valence-electron chi connectivity index (χ4n) is 1.72. The van der Waals surface area contributed by atoms with Gasteiger partial charge in [0.2, 0.25) is 5.91 Å². The largest absolute Gasteiger partial charge is 0.383 e. The van der Waals surface area contributed by atoms with E-state index in [1.165, 1.54) is 5.56 Å². The SMILES string of the molecule is COCCNC(=O)CCNC(C)c1ccccc1Br. The van der Waals surface area contributed by atoms with Crippen molar-refractivity contribution in [3.63, 3.8) is 0 Å². The minimum absolute atomic E-state index is 0.0453. The lowest BCUT2D eigenvalue weighted by Gasteiger charge is -2.15. The summed E-state index contributed by atoms with van der Waals surface area (Å²) in [5.74, 6) is 0.0453. The number of halogens is 1. The van der Waals surface area contributed by atoms with Crippen LogP contribution in [0, 0.1) is 0 Å². The lowest BCUT2D eigenvalue weighted by molar-refractivity contribution is -0.121. The van der Waals surface area contributed by atoms with Crippen LogP contribution in [0.25, 0.3) is 0 Å². The number of nitrogens with one attached hydrogen (secondary N) is 2. The number of carbonyl (C=O) groups is 1. The van der Waals surface area contributed by atoms with Crippen LogP contribution in [0.1, 0.15) is 24.9 Å². The topological polar surface area (TPSA) is 50.4 Å². The second-order valence-electron chi connectivity index (χ2n) is 4.29. The van der Waals surface area contributed by atoms with E-state index in [1.54, 1.807) is 7.11 Å². The van der Waals surface area contributed by atoms with E-state index >= 15 is 0 Å². The molecule has 4 nitrogen and oxygen atoms in total. The van der Waals surface area contributed by atoms with Crippen LogP contribution in [0.4, 0.5) is 0 Å². The van der Waals surface area contributed by atoms with Crippen LogP contribution in [0.3, 0.4) is 0 Å². The van der Waals surface area contributed by atoms with Gasteiger partial charge in [0.25, 0.3) is 0 Å². The van der Waals surface area contributed by atoms with Crippen molar-refractivity contribution in [3.05, 3.63) is 34.3 Å². The summed E-state index contributed by atoms with van der Waals surface area (Å²) in [7, 11) is 1.62. The Kier molecular flexibility index (Phi) is 7.70. The lowest BCUT2D eigenvalue weighted by Crippen LogP contribution is -2.30. The molecule has 0 aliphatic heterocycles. The molecule has 0 bridgehead atoms. The minimum atomic E-state index is 0.0453. The van der Waals surface area contributed by atoms with E-state index in [1.807, 2.05) is 18.2 Å². The molecule has 5 heteroatoms. The Bertz CT molecular complexity index is 399. The van der Waals surface area contributed by atoms with Crippen molar-refractivity contribution in [2.24, 2.45) is 0 Å². The number of hydrogen-bond acceptors (Lipinski definition) is 3. The molecule has 1 aromatic carbocycles. The third-order valence-electron chi connectivity index (χ3n) is 2.80. The van der Waals surface area contributed by atoms with E-state index in [-0.39, 0.29) is 11.9 Å². The van der Waals surface area contributed by atoms with Crippen LogP contribution >= 0.6 is 15.9 Å². The van der Waals surface area contributed by atoms with Crippen molar-refractivity contribution in [2.45, 2.75) is 19.4 Å². The molecule has 0 fully saturated rings. The van der Waals surface area contributed by atoms with Gasteiger partial charge in [0.1, 0.15) is 0 Å². The molecule has 19 heavy (non-hydrogen) atoms. The van der Waals surface area contributed by atoms with Crippen LogP contribution in [-0.2, 0) is 9.53 Å². The van der Waals surface area contributed by atoms with Gasteiger partial charge in [-0.2, -0.15) is 0 Å². The number of rotatable bonds is 8. The summed E-state index contributed by atoms with van der Waals surface area (Å²) in [5, 5.41) is 6.13. The van der Waals surface area contributed by atoms with Crippen molar-refractivity contribution in [1.29, 1.82) is 0 Å². The number of methoxy groups -OCH3 is 1. The van der Waals surface area contributed by atoms with Gasteiger partial charge in [-0.3, -0.25) is 4.79 Å². The monoisotopic (exact) mass is 328 g/mol. The molecule has 1 amide bonds. The summed E-state index contributed by atoms with van der Waals surface area (Å²) in [5.41, 5.74) is 1.20. The zero-order chi connectivity index (χ0) is 14.1. The average molecular weight is 329 g/mol. The highest BCUT2D eigenvalue weighted by Crippen LogP contribution is 2.22. The molecular weight excluding hydrogens is 308 g/mol. The quantitative estimate of drug-likeness (QED) is 0.719. The van der Waals surface area contributed by atoms with Gasteiger partial charge in [0.15, 0.2) is 0 Å². The van der Waals surface area contributed by atoms with Crippen LogP contribution < -0.4 is 10.6 Å². The van der Waals surface area contributed by atoms with Crippen molar-refractivity contribution in [2.75, 3.05) is 26.8 Å². The molecule has 1 atom stereocenters. The van der Waals surface area contributed by atoms with E-state index in [4.69, 9.17) is 4.74 Å². The minimum Gasteiger partial charge on any atom is -0.383 e. The first-order valence-electron chi connectivity index (χ1n) is 6.38. The van der Waals surface area contributed by atoms with Crippen molar-refractivity contribution in [1.82, 2.24) is 10.6 Å². The summed E-state index contributed by atoms with van der Waals surface area (Å²) in [4.78, 5) is 11.5. The van der Waals surface area contributed by atoms with Crippen LogP contribution in [-0.4, -0.2) is 32.7 Å². The summed E-state index contributed by atoms with van der Waals surface area (Å²) in [6.45, 7) is 3.85. The van der Waals surface area contributed by atoms with Crippen molar-refractivity contribution < 1.29 is 9.53 Å². The molecular formula is C14H21BrN2O2. The lowest BCUT2D eigenvalue weighted by atomic mass is 10.1. The number of ether oxygens (including phenoxy) is 1. The molecule has 1 rings (SSSR count). The second-order valence-corrected chi connectivity index (χ2v) is 5.14. The molecule has 0 aliphatic rings. The highest BCUT2D eigenvalue weighted by atomic mass is 79.9. The Hall–Kier alpha value is -0.910. The van der Waals surface area contributed by atoms with Gasteiger partial charge in [0, 0.05) is 37.1 Å². The Morgan fingerprint density at radius 3 is 2.79 bits per heavy atom. The highest BCUT2D eigenvalue weighted by Gasteiger charge is 2.08. The molecule has 0 aliphatic carbocycles. The molecule has 106 valence electrons. The third kappa shape index (κ3) is 6.18. The van der Waals surface area contributed by atoms with Crippen LogP contribution in [0.2, 0.25) is 0 Å². The summed E-state index contributed by atoms with van der Waals surface area (Å²) in [6, 6.07) is 8.30. The summed E-state index contributed by atoms with van der Waals surface area (Å²) in [6.07, 6.45) is 0.471. The number of carbonyl (C=O) groups excluding carboxylic acids is 1. The molecule has 0 heterocycles. The molecule has 0 radical (unpaired) electrons. The first kappa shape index (κ1) is 16.1. The van der Waals surface area contributed by atoms with Gasteiger partial charge >= 0.3 is 0 Å². The molecule has 0 aromatic heterocycles. The van der Waals surface area contributed by atoms with E-state index < -0.39 is 0 Å². The Morgan fingerprint density at radius 2 is 2.11 bits per heavy atom. The average Bonchev–Trinajstić information content (AvgIpc) is 2.39. The number of benzene rings is 1. The maximum Gasteiger partial charge on any atom is 0.221 e. The van der Waals surface area contributed by atoms with Crippen molar-refractivity contribution in [3.8, 4) is 0 Å². The smallest absolute Gasteiger partial charge is 0.221 e. The maximum absolute atomic E-state index is 11.5. The Labute approximate surface area is 123 Å². The summed E-state index contributed by atoms with van der Waals surface area (Å²) < 4.78 is 5.95. The zero-order valence-corrected chi connectivity index (χ0v) is 13.0.